The number of carbonyl (C=O) groups excluding carboxylic acids is 4. The summed E-state index contributed by atoms with van der Waals surface area (Å²) in [5.41, 5.74) is 0.911. The Morgan fingerprint density at radius 1 is 0.884 bits per heavy atom. The fourth-order valence-electron chi connectivity index (χ4n) is 4.90. The molecule has 0 aliphatic carbocycles. The third-order valence-corrected chi connectivity index (χ3v) is 6.83. The minimum atomic E-state index is -0.989. The van der Waals surface area contributed by atoms with Crippen molar-refractivity contribution in [2.45, 2.75) is 50.8 Å². The lowest BCUT2D eigenvalue weighted by Gasteiger charge is -2.37. The number of nitrogens with zero attached hydrogens (tertiary/aromatic N) is 1. The van der Waals surface area contributed by atoms with Gasteiger partial charge in [0.05, 0.1) is 12.6 Å². The van der Waals surface area contributed by atoms with Crippen LogP contribution in [0.15, 0.2) is 103 Å². The smallest absolute Gasteiger partial charge is 0.416 e. The Bertz CT molecular complexity index is 1340. The maximum absolute atomic E-state index is 13.8. The zero-order chi connectivity index (χ0) is 30.9. The van der Waals surface area contributed by atoms with Crippen LogP contribution in [0.1, 0.15) is 50.3 Å². The first kappa shape index (κ1) is 31.0. The Labute approximate surface area is 251 Å². The fraction of sp³-hybridized carbons (Fsp3) is 0.294. The van der Waals surface area contributed by atoms with Gasteiger partial charge in [-0.05, 0) is 43.9 Å². The predicted octanol–water partition coefficient (Wildman–Crippen LogP) is 5.30. The Kier molecular flexibility index (Phi) is 9.98. The highest BCUT2D eigenvalue weighted by Gasteiger charge is 2.38. The topological polar surface area (TPSA) is 114 Å². The lowest BCUT2D eigenvalue weighted by molar-refractivity contribution is -0.123. The summed E-state index contributed by atoms with van der Waals surface area (Å²) in [7, 11) is 0. The van der Waals surface area contributed by atoms with E-state index in [2.05, 4.69) is 10.6 Å². The number of nitrogens with one attached hydrogen (secondary N) is 2. The number of alkyl carbamates (subject to hydrolysis) is 1. The maximum Gasteiger partial charge on any atom is 0.416 e. The summed E-state index contributed by atoms with van der Waals surface area (Å²) in [4.78, 5) is 51.7. The van der Waals surface area contributed by atoms with Crippen LogP contribution in [-0.4, -0.2) is 53.7 Å². The van der Waals surface area contributed by atoms with Gasteiger partial charge in [0.15, 0.2) is 0 Å². The van der Waals surface area contributed by atoms with Crippen LogP contribution in [0.4, 0.5) is 9.59 Å². The monoisotopic (exact) mass is 583 g/mol. The lowest BCUT2D eigenvalue weighted by atomic mass is 9.77. The second-order valence-corrected chi connectivity index (χ2v) is 11.2. The first-order chi connectivity index (χ1) is 20.6. The molecular weight excluding hydrogens is 546 g/mol. The zero-order valence-electron chi connectivity index (χ0n) is 24.6. The Balaban J connectivity index is 1.59. The second kappa shape index (κ2) is 13.8. The predicted molar refractivity (Wildman–Crippen MR) is 162 cm³/mol. The molecule has 0 radical (unpaired) electrons. The van der Waals surface area contributed by atoms with Gasteiger partial charge in [-0.3, -0.25) is 9.59 Å². The number of hydrogen-bond acceptors (Lipinski definition) is 6. The van der Waals surface area contributed by atoms with Crippen LogP contribution >= 0.6 is 0 Å². The van der Waals surface area contributed by atoms with E-state index < -0.39 is 35.3 Å². The van der Waals surface area contributed by atoms with Gasteiger partial charge in [0.2, 0.25) is 5.91 Å². The van der Waals surface area contributed by atoms with Crippen LogP contribution < -0.4 is 10.6 Å². The highest BCUT2D eigenvalue weighted by atomic mass is 16.6. The number of amides is 4. The molecule has 0 unspecified atom stereocenters. The second-order valence-electron chi connectivity index (χ2n) is 11.2. The molecular formula is C34H37N3O6. The molecule has 9 heteroatoms. The van der Waals surface area contributed by atoms with E-state index in [0.29, 0.717) is 0 Å². The van der Waals surface area contributed by atoms with Crippen LogP contribution in [0.5, 0.6) is 0 Å². The fourth-order valence-corrected chi connectivity index (χ4v) is 4.90. The van der Waals surface area contributed by atoms with E-state index in [1.54, 1.807) is 20.8 Å². The molecule has 0 aromatic heterocycles. The molecule has 3 aromatic carbocycles. The molecule has 2 N–H and O–H groups in total. The van der Waals surface area contributed by atoms with E-state index in [1.807, 2.05) is 91.0 Å². The quantitative estimate of drug-likeness (QED) is 0.247. The van der Waals surface area contributed by atoms with Crippen molar-refractivity contribution in [1.29, 1.82) is 0 Å². The molecule has 0 spiro atoms. The van der Waals surface area contributed by atoms with Crippen molar-refractivity contribution in [3.63, 3.8) is 0 Å². The number of carbonyl (C=O) groups is 4. The van der Waals surface area contributed by atoms with Gasteiger partial charge in [-0.15, -0.1) is 0 Å². The summed E-state index contributed by atoms with van der Waals surface area (Å²) in [5.74, 6) is -0.838. The van der Waals surface area contributed by atoms with Gasteiger partial charge in [0.25, 0.3) is 5.91 Å². The first-order valence-electron chi connectivity index (χ1n) is 14.2. The SMILES string of the molecule is CC(C)(C)OC(=O)N[C@H](/C=C/C(=O)N1CCOC1=O)CCC(=O)NC(c1ccccc1)(c1ccccc1)c1ccccc1. The van der Waals surface area contributed by atoms with Crippen LogP contribution in [0, 0.1) is 0 Å². The van der Waals surface area contributed by atoms with E-state index in [1.165, 1.54) is 12.2 Å². The van der Waals surface area contributed by atoms with E-state index in [9.17, 15) is 19.2 Å². The standard InChI is InChI=1S/C34H37N3O6/c1-33(2,3)43-31(40)35-28(20-22-30(39)37-23-24-42-32(37)41)19-21-29(38)36-34(25-13-7-4-8-14-25,26-15-9-5-10-16-26)27-17-11-6-12-18-27/h4-18,20,22,28H,19,21,23-24H2,1-3H3,(H,35,40)(H,36,38)/b22-20+/t28-/m0/s1. The van der Waals surface area contributed by atoms with E-state index >= 15 is 0 Å². The molecule has 43 heavy (non-hydrogen) atoms. The van der Waals surface area contributed by atoms with Crippen molar-refractivity contribution in [2.75, 3.05) is 13.2 Å². The summed E-state index contributed by atoms with van der Waals surface area (Å²) in [5, 5.41) is 6.03. The number of cyclic esters (lactones) is 1. The molecule has 224 valence electrons. The minimum absolute atomic E-state index is 0.0129. The van der Waals surface area contributed by atoms with Crippen molar-refractivity contribution >= 4 is 24.0 Å². The Hall–Kier alpha value is -4.92. The summed E-state index contributed by atoms with van der Waals surface area (Å²) < 4.78 is 10.2. The summed E-state index contributed by atoms with van der Waals surface area (Å²) in [6.07, 6.45) is 1.43. The maximum atomic E-state index is 13.8. The van der Waals surface area contributed by atoms with Gasteiger partial charge < -0.3 is 20.1 Å². The highest BCUT2D eigenvalue weighted by molar-refractivity contribution is 5.99. The molecule has 1 saturated heterocycles. The van der Waals surface area contributed by atoms with Gasteiger partial charge in [0.1, 0.15) is 17.7 Å². The molecule has 0 saturated carbocycles. The Morgan fingerprint density at radius 2 is 1.40 bits per heavy atom. The van der Waals surface area contributed by atoms with Crippen LogP contribution in [0.25, 0.3) is 0 Å². The normalized spacial score (nSPS) is 14.2. The van der Waals surface area contributed by atoms with Crippen LogP contribution in [-0.2, 0) is 24.6 Å². The molecule has 4 amide bonds. The molecule has 1 heterocycles. The number of rotatable bonds is 10. The zero-order valence-corrected chi connectivity index (χ0v) is 24.6. The molecule has 9 nitrogen and oxygen atoms in total. The number of hydrogen-bond donors (Lipinski definition) is 2. The van der Waals surface area contributed by atoms with Gasteiger partial charge in [-0.25, -0.2) is 14.5 Å². The first-order valence-corrected chi connectivity index (χ1v) is 14.2. The number of ether oxygens (including phenoxy) is 2. The molecule has 0 bridgehead atoms. The summed E-state index contributed by atoms with van der Waals surface area (Å²) in [6.45, 7) is 5.50. The summed E-state index contributed by atoms with van der Waals surface area (Å²) in [6, 6.07) is 28.5. The number of imide groups is 1. The van der Waals surface area contributed by atoms with Crippen molar-refractivity contribution in [3.8, 4) is 0 Å². The van der Waals surface area contributed by atoms with E-state index in [-0.39, 0.29) is 31.9 Å². The highest BCUT2D eigenvalue weighted by Crippen LogP contribution is 2.37. The third kappa shape index (κ3) is 8.09. The van der Waals surface area contributed by atoms with E-state index in [4.69, 9.17) is 9.47 Å². The van der Waals surface area contributed by atoms with Gasteiger partial charge in [0, 0.05) is 12.5 Å². The number of benzene rings is 3. The molecule has 1 aliphatic rings. The minimum Gasteiger partial charge on any atom is -0.447 e. The van der Waals surface area contributed by atoms with Gasteiger partial charge in [-0.1, -0.05) is 97.1 Å². The lowest BCUT2D eigenvalue weighted by Crippen LogP contribution is -2.48. The molecule has 3 aromatic rings. The molecule has 4 rings (SSSR count). The average molecular weight is 584 g/mol. The largest absolute Gasteiger partial charge is 0.447 e. The van der Waals surface area contributed by atoms with Crippen LogP contribution in [0.2, 0.25) is 0 Å². The molecule has 1 aliphatic heterocycles. The van der Waals surface area contributed by atoms with Crippen molar-refractivity contribution < 1.29 is 28.7 Å². The van der Waals surface area contributed by atoms with Crippen LogP contribution in [0.3, 0.4) is 0 Å². The molecule has 1 fully saturated rings. The Morgan fingerprint density at radius 3 is 1.84 bits per heavy atom. The summed E-state index contributed by atoms with van der Waals surface area (Å²) >= 11 is 0. The van der Waals surface area contributed by atoms with Gasteiger partial charge in [-0.2, -0.15) is 0 Å². The van der Waals surface area contributed by atoms with Crippen molar-refractivity contribution in [1.82, 2.24) is 15.5 Å². The average Bonchev–Trinajstić information content (AvgIpc) is 3.43. The molecule has 1 atom stereocenters. The third-order valence-electron chi connectivity index (χ3n) is 6.83. The van der Waals surface area contributed by atoms with Crippen molar-refractivity contribution in [2.24, 2.45) is 0 Å². The van der Waals surface area contributed by atoms with Crippen molar-refractivity contribution in [3.05, 3.63) is 120 Å². The van der Waals surface area contributed by atoms with E-state index in [0.717, 1.165) is 21.6 Å². The van der Waals surface area contributed by atoms with Gasteiger partial charge >= 0.3 is 12.2 Å².